The van der Waals surface area contributed by atoms with Crippen molar-refractivity contribution in [2.75, 3.05) is 19.4 Å². The minimum absolute atomic E-state index is 0.0155. The van der Waals surface area contributed by atoms with Crippen LogP contribution in [-0.2, 0) is 14.8 Å². The number of nitro groups is 1. The molecule has 144 valence electrons. The standard InChI is InChI=1S/C16H18N4O6S/c1-11(26-14-8-5-9-17-15(14)20(22)23)16(21)18-12-6-4-7-13(10-12)27(24,25)19(2)3/h4-11H,1-3H3,(H,18,21). The third kappa shape index (κ3) is 4.77. The van der Waals surface area contributed by atoms with E-state index in [0.717, 1.165) is 4.31 Å². The summed E-state index contributed by atoms with van der Waals surface area (Å²) in [6, 6.07) is 8.51. The molecule has 11 heteroatoms. The average Bonchev–Trinajstić information content (AvgIpc) is 2.62. The van der Waals surface area contributed by atoms with Crippen LogP contribution in [0.2, 0.25) is 0 Å². The maximum Gasteiger partial charge on any atom is 0.406 e. The van der Waals surface area contributed by atoms with Crippen molar-refractivity contribution < 1.29 is 22.9 Å². The van der Waals surface area contributed by atoms with Gasteiger partial charge in [0.15, 0.2) is 6.10 Å². The van der Waals surface area contributed by atoms with Gasteiger partial charge in [-0.2, -0.15) is 0 Å². The van der Waals surface area contributed by atoms with Crippen molar-refractivity contribution in [3.63, 3.8) is 0 Å². The predicted molar refractivity (Wildman–Crippen MR) is 96.9 cm³/mol. The molecule has 0 saturated carbocycles. The van der Waals surface area contributed by atoms with Crippen molar-refractivity contribution in [2.24, 2.45) is 0 Å². The molecule has 2 rings (SSSR count). The first-order valence-corrected chi connectivity index (χ1v) is 9.16. The van der Waals surface area contributed by atoms with Gasteiger partial charge in [-0.05, 0) is 47.2 Å². The van der Waals surface area contributed by atoms with Crippen LogP contribution < -0.4 is 10.1 Å². The Kier molecular flexibility index (Phi) is 6.08. The summed E-state index contributed by atoms with van der Waals surface area (Å²) in [5.74, 6) is -1.25. The van der Waals surface area contributed by atoms with E-state index in [1.165, 1.54) is 63.6 Å². The number of nitrogens with one attached hydrogen (secondary N) is 1. The number of sulfonamides is 1. The highest BCUT2D eigenvalue weighted by Gasteiger charge is 2.23. The molecule has 0 aliphatic heterocycles. The van der Waals surface area contributed by atoms with Gasteiger partial charge in [0.05, 0.1) is 4.90 Å². The van der Waals surface area contributed by atoms with E-state index in [4.69, 9.17) is 4.74 Å². The Labute approximate surface area is 156 Å². The topological polar surface area (TPSA) is 132 Å². The van der Waals surface area contributed by atoms with E-state index in [1.54, 1.807) is 0 Å². The van der Waals surface area contributed by atoms with E-state index >= 15 is 0 Å². The van der Waals surface area contributed by atoms with Crippen LogP contribution in [0.1, 0.15) is 6.92 Å². The van der Waals surface area contributed by atoms with E-state index in [9.17, 15) is 23.3 Å². The second-order valence-corrected chi connectivity index (χ2v) is 7.80. The normalized spacial score (nSPS) is 12.4. The lowest BCUT2D eigenvalue weighted by Crippen LogP contribution is -2.30. The van der Waals surface area contributed by atoms with E-state index in [1.807, 2.05) is 0 Å². The zero-order valence-corrected chi connectivity index (χ0v) is 15.6. The monoisotopic (exact) mass is 394 g/mol. The minimum atomic E-state index is -3.65. The van der Waals surface area contributed by atoms with Crippen LogP contribution in [-0.4, -0.2) is 48.7 Å². The first kappa shape index (κ1) is 20.3. The van der Waals surface area contributed by atoms with E-state index in [0.29, 0.717) is 0 Å². The third-order valence-electron chi connectivity index (χ3n) is 3.48. The first-order chi connectivity index (χ1) is 12.6. The molecule has 1 heterocycles. The Hall–Kier alpha value is -3.05. The fourth-order valence-electron chi connectivity index (χ4n) is 2.04. The molecule has 0 fully saturated rings. The Morgan fingerprint density at radius 2 is 2.00 bits per heavy atom. The van der Waals surface area contributed by atoms with Crippen LogP contribution in [0.3, 0.4) is 0 Å². The molecule has 0 aliphatic rings. The molecule has 27 heavy (non-hydrogen) atoms. The quantitative estimate of drug-likeness (QED) is 0.558. The summed E-state index contributed by atoms with van der Waals surface area (Å²) < 4.78 is 30.7. The largest absolute Gasteiger partial charge is 0.473 e. The van der Waals surface area contributed by atoms with Crippen molar-refractivity contribution >= 4 is 27.4 Å². The number of pyridine rings is 1. The van der Waals surface area contributed by atoms with Crippen LogP contribution in [0.25, 0.3) is 0 Å². The SMILES string of the molecule is CC(Oc1cccnc1[N+](=O)[O-])C(=O)Nc1cccc(S(=O)(=O)N(C)C)c1. The molecule has 1 unspecified atom stereocenters. The molecule has 10 nitrogen and oxygen atoms in total. The Morgan fingerprint density at radius 1 is 1.30 bits per heavy atom. The Bertz CT molecular complexity index is 961. The van der Waals surface area contributed by atoms with Crippen molar-refractivity contribution in [1.29, 1.82) is 0 Å². The molecular weight excluding hydrogens is 376 g/mol. The van der Waals surface area contributed by atoms with Gasteiger partial charge in [-0.25, -0.2) is 12.7 Å². The van der Waals surface area contributed by atoms with Crippen molar-refractivity contribution in [3.05, 3.63) is 52.7 Å². The molecule has 0 spiro atoms. The molecule has 1 atom stereocenters. The van der Waals surface area contributed by atoms with Crippen LogP contribution in [0.4, 0.5) is 11.5 Å². The Morgan fingerprint density at radius 3 is 2.63 bits per heavy atom. The number of carbonyl (C=O) groups excluding carboxylic acids is 1. The molecule has 0 aliphatic carbocycles. The van der Waals surface area contributed by atoms with E-state index < -0.39 is 32.8 Å². The van der Waals surface area contributed by atoms with Gasteiger partial charge < -0.3 is 20.2 Å². The fourth-order valence-corrected chi connectivity index (χ4v) is 2.99. The molecular formula is C16H18N4O6S. The highest BCUT2D eigenvalue weighted by atomic mass is 32.2. The molecule has 2 aromatic rings. The number of amides is 1. The number of ether oxygens (including phenoxy) is 1. The maximum atomic E-state index is 12.3. The molecule has 1 amide bonds. The number of aromatic nitrogens is 1. The summed E-state index contributed by atoms with van der Waals surface area (Å²) in [5.41, 5.74) is 0.249. The summed E-state index contributed by atoms with van der Waals surface area (Å²) in [6.07, 6.45) is 0.161. The molecule has 1 N–H and O–H groups in total. The van der Waals surface area contributed by atoms with E-state index in [-0.39, 0.29) is 16.3 Å². The van der Waals surface area contributed by atoms with Gasteiger partial charge in [-0.1, -0.05) is 6.07 Å². The van der Waals surface area contributed by atoms with Gasteiger partial charge in [0.1, 0.15) is 6.20 Å². The molecule has 0 bridgehead atoms. The number of anilines is 1. The van der Waals surface area contributed by atoms with Crippen LogP contribution in [0, 0.1) is 10.1 Å². The molecule has 0 saturated heterocycles. The fraction of sp³-hybridized carbons (Fsp3) is 0.250. The zero-order chi connectivity index (χ0) is 20.2. The minimum Gasteiger partial charge on any atom is -0.473 e. The Balaban J connectivity index is 2.15. The number of hydrogen-bond acceptors (Lipinski definition) is 7. The highest BCUT2D eigenvalue weighted by Crippen LogP contribution is 2.24. The first-order valence-electron chi connectivity index (χ1n) is 7.72. The van der Waals surface area contributed by atoms with Crippen molar-refractivity contribution in [1.82, 2.24) is 9.29 Å². The second kappa shape index (κ2) is 8.10. The predicted octanol–water partition coefficient (Wildman–Crippen LogP) is 1.65. The summed E-state index contributed by atoms with van der Waals surface area (Å²) in [4.78, 5) is 26.2. The highest BCUT2D eigenvalue weighted by molar-refractivity contribution is 7.89. The number of nitrogens with zero attached hydrogens (tertiary/aromatic N) is 3. The molecule has 0 radical (unpaired) electrons. The summed E-state index contributed by atoms with van der Waals surface area (Å²) >= 11 is 0. The van der Waals surface area contributed by atoms with Gasteiger partial charge >= 0.3 is 5.82 Å². The zero-order valence-electron chi connectivity index (χ0n) is 14.8. The molecule has 1 aromatic heterocycles. The van der Waals surface area contributed by atoms with Gasteiger partial charge in [0.2, 0.25) is 15.8 Å². The number of benzene rings is 1. The lowest BCUT2D eigenvalue weighted by Gasteiger charge is -2.15. The van der Waals surface area contributed by atoms with Gasteiger partial charge in [-0.3, -0.25) is 4.79 Å². The van der Waals surface area contributed by atoms with Crippen molar-refractivity contribution in [3.8, 4) is 5.75 Å². The van der Waals surface area contributed by atoms with Gasteiger partial charge in [0, 0.05) is 19.8 Å². The number of hydrogen-bond donors (Lipinski definition) is 1. The molecule has 1 aromatic carbocycles. The smallest absolute Gasteiger partial charge is 0.406 e. The third-order valence-corrected chi connectivity index (χ3v) is 5.29. The van der Waals surface area contributed by atoms with Crippen LogP contribution >= 0.6 is 0 Å². The summed E-state index contributed by atoms with van der Waals surface area (Å²) in [5, 5.41) is 13.5. The maximum absolute atomic E-state index is 12.3. The van der Waals surface area contributed by atoms with Gasteiger partial charge in [-0.15, -0.1) is 0 Å². The van der Waals surface area contributed by atoms with Gasteiger partial charge in [0.25, 0.3) is 5.91 Å². The number of rotatable bonds is 7. The lowest BCUT2D eigenvalue weighted by atomic mass is 10.3. The number of carbonyl (C=O) groups is 1. The second-order valence-electron chi connectivity index (χ2n) is 5.65. The average molecular weight is 394 g/mol. The summed E-state index contributed by atoms with van der Waals surface area (Å²) in [6.45, 7) is 1.41. The van der Waals surface area contributed by atoms with Crippen LogP contribution in [0.5, 0.6) is 5.75 Å². The van der Waals surface area contributed by atoms with Crippen LogP contribution in [0.15, 0.2) is 47.5 Å². The lowest BCUT2D eigenvalue weighted by molar-refractivity contribution is -0.390. The summed E-state index contributed by atoms with van der Waals surface area (Å²) in [7, 11) is -0.851. The van der Waals surface area contributed by atoms with E-state index in [2.05, 4.69) is 10.3 Å². The van der Waals surface area contributed by atoms with Crippen molar-refractivity contribution in [2.45, 2.75) is 17.9 Å².